The zero-order chi connectivity index (χ0) is 18.3. The fourth-order valence-electron chi connectivity index (χ4n) is 3.46. The highest BCUT2D eigenvalue weighted by Gasteiger charge is 2.35. The number of carbonyl (C=O) groups is 1. The lowest BCUT2D eigenvalue weighted by molar-refractivity contribution is 0.0759. The molecule has 7 heteroatoms. The molecular weight excluding hydrogens is 335 g/mol. The van der Waals surface area contributed by atoms with Crippen molar-refractivity contribution in [2.45, 2.75) is 19.4 Å². The molecule has 2 aromatic heterocycles. The molecule has 0 radical (unpaired) electrons. The van der Waals surface area contributed by atoms with E-state index in [0.717, 1.165) is 11.4 Å². The number of rotatable bonds is 3. The van der Waals surface area contributed by atoms with Crippen molar-refractivity contribution < 1.29 is 14.3 Å². The van der Waals surface area contributed by atoms with Gasteiger partial charge in [-0.15, -0.1) is 0 Å². The van der Waals surface area contributed by atoms with Crippen LogP contribution in [0.4, 0.5) is 4.39 Å². The number of aliphatic hydroxyl groups is 1. The predicted molar refractivity (Wildman–Crippen MR) is 94.1 cm³/mol. The van der Waals surface area contributed by atoms with Crippen LogP contribution in [0.25, 0.3) is 10.9 Å². The van der Waals surface area contributed by atoms with Gasteiger partial charge in [0.25, 0.3) is 5.91 Å². The van der Waals surface area contributed by atoms with E-state index in [4.69, 9.17) is 0 Å². The molecule has 4 rings (SSSR count). The van der Waals surface area contributed by atoms with Crippen molar-refractivity contribution in [3.05, 3.63) is 59.3 Å². The number of nitrogens with one attached hydrogen (secondary N) is 1. The minimum Gasteiger partial charge on any atom is -0.391 e. The summed E-state index contributed by atoms with van der Waals surface area (Å²) < 4.78 is 13.9. The lowest BCUT2D eigenvalue weighted by Gasteiger charge is -2.15. The van der Waals surface area contributed by atoms with Crippen LogP contribution in [0.5, 0.6) is 0 Å². The second-order valence-corrected chi connectivity index (χ2v) is 6.79. The Morgan fingerprint density at radius 3 is 2.96 bits per heavy atom. The highest BCUT2D eigenvalue weighted by molar-refractivity contribution is 5.95. The Morgan fingerprint density at radius 1 is 1.35 bits per heavy atom. The summed E-state index contributed by atoms with van der Waals surface area (Å²) in [5, 5.41) is 18.0. The smallest absolute Gasteiger partial charge is 0.272 e. The molecule has 1 fully saturated rings. The molecule has 3 heterocycles. The number of aliphatic hydroxyl groups excluding tert-OH is 1. The van der Waals surface area contributed by atoms with Crippen molar-refractivity contribution in [2.24, 2.45) is 5.92 Å². The van der Waals surface area contributed by atoms with Crippen molar-refractivity contribution in [3.8, 4) is 0 Å². The van der Waals surface area contributed by atoms with Crippen molar-refractivity contribution in [2.75, 3.05) is 13.1 Å². The van der Waals surface area contributed by atoms with Gasteiger partial charge >= 0.3 is 0 Å². The number of para-hydroxylation sites is 1. The van der Waals surface area contributed by atoms with Crippen molar-refractivity contribution >= 4 is 16.8 Å². The number of likely N-dealkylation sites (tertiary alicyclic amines) is 1. The molecule has 1 aliphatic rings. The van der Waals surface area contributed by atoms with Gasteiger partial charge in [0.05, 0.1) is 11.8 Å². The van der Waals surface area contributed by atoms with E-state index in [0.29, 0.717) is 18.4 Å². The van der Waals surface area contributed by atoms with E-state index in [9.17, 15) is 14.3 Å². The van der Waals surface area contributed by atoms with Crippen LogP contribution in [0.2, 0.25) is 0 Å². The maximum absolute atomic E-state index is 13.9. The molecule has 0 saturated carbocycles. The largest absolute Gasteiger partial charge is 0.391 e. The number of amides is 1. The summed E-state index contributed by atoms with van der Waals surface area (Å²) in [5.74, 6) is -0.834. The molecule has 0 bridgehead atoms. The third-order valence-electron chi connectivity index (χ3n) is 4.81. The van der Waals surface area contributed by atoms with Gasteiger partial charge in [-0.3, -0.25) is 9.89 Å². The predicted octanol–water partition coefficient (Wildman–Crippen LogP) is 2.08. The van der Waals surface area contributed by atoms with Gasteiger partial charge in [-0.2, -0.15) is 5.10 Å². The molecule has 0 aliphatic carbocycles. The van der Waals surface area contributed by atoms with Gasteiger partial charge in [-0.25, -0.2) is 9.37 Å². The highest BCUT2D eigenvalue weighted by atomic mass is 19.1. The Balaban J connectivity index is 1.52. The minimum atomic E-state index is -0.617. The molecular formula is C19H19FN4O2. The third-order valence-corrected chi connectivity index (χ3v) is 4.81. The number of pyridine rings is 1. The Kier molecular flexibility index (Phi) is 4.16. The zero-order valence-corrected chi connectivity index (χ0v) is 14.3. The van der Waals surface area contributed by atoms with Crippen LogP contribution in [0, 0.1) is 18.7 Å². The zero-order valence-electron chi connectivity index (χ0n) is 14.3. The molecule has 134 valence electrons. The van der Waals surface area contributed by atoms with Gasteiger partial charge in [0.2, 0.25) is 0 Å². The lowest BCUT2D eigenvalue weighted by Crippen LogP contribution is -2.30. The summed E-state index contributed by atoms with van der Waals surface area (Å²) in [6.07, 6.45) is -0.0251. The van der Waals surface area contributed by atoms with Crippen LogP contribution in [0.15, 0.2) is 36.4 Å². The van der Waals surface area contributed by atoms with Crippen LogP contribution in [0.3, 0.4) is 0 Å². The number of aromatic nitrogens is 3. The topological polar surface area (TPSA) is 82.1 Å². The second-order valence-electron chi connectivity index (χ2n) is 6.79. The Hall–Kier alpha value is -2.80. The maximum Gasteiger partial charge on any atom is 0.272 e. The highest BCUT2D eigenvalue weighted by Crippen LogP contribution is 2.23. The van der Waals surface area contributed by atoms with Crippen LogP contribution >= 0.6 is 0 Å². The molecule has 0 spiro atoms. The first kappa shape index (κ1) is 16.7. The molecule has 2 atom stereocenters. The summed E-state index contributed by atoms with van der Waals surface area (Å²) >= 11 is 0. The number of β-amino-alcohol motifs (C(OH)–C–C–N with tert-alkyl or cyclic N) is 1. The van der Waals surface area contributed by atoms with Gasteiger partial charge in [-0.05, 0) is 31.5 Å². The molecule has 3 aromatic rings. The molecule has 1 aliphatic heterocycles. The Morgan fingerprint density at radius 2 is 2.19 bits per heavy atom. The number of aromatic amines is 1. The van der Waals surface area contributed by atoms with E-state index < -0.39 is 11.9 Å². The number of carbonyl (C=O) groups excluding carboxylic acids is 1. The fourth-order valence-corrected chi connectivity index (χ4v) is 3.46. The molecule has 0 unspecified atom stereocenters. The number of fused-ring (bicyclic) bond motifs is 1. The molecule has 6 nitrogen and oxygen atoms in total. The molecule has 2 N–H and O–H groups in total. The number of nitrogens with zero attached hydrogens (tertiary/aromatic N) is 3. The minimum absolute atomic E-state index is 0.0844. The molecule has 26 heavy (non-hydrogen) atoms. The van der Waals surface area contributed by atoms with Gasteiger partial charge in [-0.1, -0.05) is 18.2 Å². The third kappa shape index (κ3) is 3.06. The monoisotopic (exact) mass is 354 g/mol. The van der Waals surface area contributed by atoms with Crippen molar-refractivity contribution in [3.63, 3.8) is 0 Å². The van der Waals surface area contributed by atoms with Crippen LogP contribution in [-0.2, 0) is 6.42 Å². The van der Waals surface area contributed by atoms with Crippen molar-refractivity contribution in [1.29, 1.82) is 0 Å². The maximum atomic E-state index is 13.9. The number of hydrogen-bond acceptors (Lipinski definition) is 4. The quantitative estimate of drug-likeness (QED) is 0.754. The second kappa shape index (κ2) is 6.49. The SMILES string of the molecule is Cc1cc(C[C@@H]2CN(C(=O)c3ccc4cccc(F)c4n3)C[C@@H]2O)n[nH]1. The summed E-state index contributed by atoms with van der Waals surface area (Å²) in [5.41, 5.74) is 2.20. The van der Waals surface area contributed by atoms with Gasteiger partial charge in [0, 0.05) is 30.1 Å². The number of hydrogen-bond donors (Lipinski definition) is 2. The summed E-state index contributed by atoms with van der Waals surface area (Å²) in [6, 6.07) is 9.91. The normalized spacial score (nSPS) is 20.0. The standard InChI is InChI=1S/C19H19FN4O2/c1-11-7-14(23-22-11)8-13-9-24(10-17(13)25)19(26)16-6-5-12-3-2-4-15(20)18(12)21-16/h2-7,13,17,25H,8-10H2,1H3,(H,22,23)/t13-,17+/m1/s1. The van der Waals surface area contributed by atoms with E-state index in [2.05, 4.69) is 15.2 Å². The average molecular weight is 354 g/mol. The Labute approximate surface area is 149 Å². The number of H-pyrrole nitrogens is 1. The molecule has 1 amide bonds. The van der Waals surface area contributed by atoms with Crippen LogP contribution < -0.4 is 0 Å². The lowest BCUT2D eigenvalue weighted by atomic mass is 10.0. The van der Waals surface area contributed by atoms with E-state index in [1.807, 2.05) is 13.0 Å². The Bertz CT molecular complexity index is 971. The fraction of sp³-hybridized carbons (Fsp3) is 0.316. The van der Waals surface area contributed by atoms with Crippen LogP contribution in [0.1, 0.15) is 21.9 Å². The average Bonchev–Trinajstić information content (AvgIpc) is 3.20. The number of aryl methyl sites for hydroxylation is 1. The molecule has 1 aromatic carbocycles. The van der Waals surface area contributed by atoms with Crippen LogP contribution in [-0.4, -0.2) is 50.3 Å². The number of benzene rings is 1. The van der Waals surface area contributed by atoms with Gasteiger partial charge < -0.3 is 10.0 Å². The van der Waals surface area contributed by atoms with E-state index >= 15 is 0 Å². The first-order valence-corrected chi connectivity index (χ1v) is 8.55. The summed E-state index contributed by atoms with van der Waals surface area (Å²) in [7, 11) is 0. The van der Waals surface area contributed by atoms with Gasteiger partial charge in [0.1, 0.15) is 17.0 Å². The molecule has 1 saturated heterocycles. The van der Waals surface area contributed by atoms with Gasteiger partial charge in [0.15, 0.2) is 0 Å². The summed E-state index contributed by atoms with van der Waals surface area (Å²) in [4.78, 5) is 18.5. The van der Waals surface area contributed by atoms with Crippen molar-refractivity contribution in [1.82, 2.24) is 20.1 Å². The first-order valence-electron chi connectivity index (χ1n) is 8.55. The number of halogens is 1. The first-order chi connectivity index (χ1) is 12.5. The van der Waals surface area contributed by atoms with E-state index in [1.165, 1.54) is 6.07 Å². The van der Waals surface area contributed by atoms with E-state index in [-0.39, 0.29) is 29.6 Å². The van der Waals surface area contributed by atoms with E-state index in [1.54, 1.807) is 29.2 Å². The summed E-state index contributed by atoms with van der Waals surface area (Å²) in [6.45, 7) is 2.58.